The Morgan fingerprint density at radius 1 is 1.15 bits per heavy atom. The largest absolute Gasteiger partial charge is 0.384 e. The van der Waals surface area contributed by atoms with Crippen molar-refractivity contribution in [3.05, 3.63) is 73.7 Å². The number of nitrogens with one attached hydrogen (secondary N) is 1. The van der Waals surface area contributed by atoms with Crippen LogP contribution in [-0.2, 0) is 13.0 Å². The van der Waals surface area contributed by atoms with E-state index >= 15 is 0 Å². The van der Waals surface area contributed by atoms with Gasteiger partial charge in [0.15, 0.2) is 5.65 Å². The molecule has 5 rings (SSSR count). The van der Waals surface area contributed by atoms with E-state index in [-0.39, 0.29) is 27.2 Å². The first-order valence-corrected chi connectivity index (χ1v) is 11.1. The number of aryl methyl sites for hydroxylation is 1. The lowest BCUT2D eigenvalue weighted by Crippen LogP contribution is -2.27. The van der Waals surface area contributed by atoms with Gasteiger partial charge in [-0.1, -0.05) is 29.3 Å². The van der Waals surface area contributed by atoms with Crippen LogP contribution in [0.3, 0.4) is 0 Å². The van der Waals surface area contributed by atoms with Gasteiger partial charge in [-0.3, -0.25) is 0 Å². The lowest BCUT2D eigenvalue weighted by molar-refractivity contribution is 0.312. The second-order valence-electron chi connectivity index (χ2n) is 8.16. The van der Waals surface area contributed by atoms with Crippen molar-refractivity contribution in [2.24, 2.45) is 0 Å². The van der Waals surface area contributed by atoms with Gasteiger partial charge in [0.05, 0.1) is 21.1 Å². The summed E-state index contributed by atoms with van der Waals surface area (Å²) < 4.78 is 1.17. The fourth-order valence-corrected chi connectivity index (χ4v) is 4.81. The van der Waals surface area contributed by atoms with Gasteiger partial charge in [0.25, 0.3) is 0 Å². The molecule has 0 radical (unpaired) electrons. The molecule has 0 aliphatic carbocycles. The van der Waals surface area contributed by atoms with Crippen LogP contribution in [0.1, 0.15) is 16.7 Å². The molecule has 3 N–H and O–H groups in total. The number of nitrogens with zero attached hydrogens (tertiary/aromatic N) is 5. The van der Waals surface area contributed by atoms with Crippen LogP contribution in [0.4, 0.5) is 17.5 Å². The quantitative estimate of drug-likeness (QED) is 0.453. The highest BCUT2D eigenvalue weighted by Gasteiger charge is 2.19. The number of hydrogen-bond donors (Lipinski definition) is 2. The fraction of sp³-hybridized carbons (Fsp3) is 0.217. The Hall–Kier alpha value is -3.20. The lowest BCUT2D eigenvalue weighted by atomic mass is 9.94. The number of fused-ring (bicyclic) bond motifs is 2. The van der Waals surface area contributed by atoms with Gasteiger partial charge < -0.3 is 16.0 Å². The topological polar surface area (TPSA) is 102 Å². The van der Waals surface area contributed by atoms with Crippen molar-refractivity contribution < 1.29 is 0 Å². The van der Waals surface area contributed by atoms with Crippen LogP contribution in [-0.4, -0.2) is 38.0 Å². The molecule has 0 unspecified atom stereocenters. The van der Waals surface area contributed by atoms with Crippen LogP contribution in [0.25, 0.3) is 16.7 Å². The minimum absolute atomic E-state index is 0.110. The second kappa shape index (κ2) is 8.30. The normalized spacial score (nSPS) is 13.8. The highest BCUT2D eigenvalue weighted by Crippen LogP contribution is 2.31. The predicted molar refractivity (Wildman–Crippen MR) is 132 cm³/mol. The van der Waals surface area contributed by atoms with Crippen molar-refractivity contribution in [3.8, 4) is 5.69 Å². The van der Waals surface area contributed by atoms with E-state index in [1.807, 2.05) is 0 Å². The van der Waals surface area contributed by atoms with E-state index in [1.54, 1.807) is 18.2 Å². The molecule has 0 amide bonds. The molecule has 0 saturated carbocycles. The Kier molecular flexibility index (Phi) is 5.44. The Morgan fingerprint density at radius 3 is 2.67 bits per heavy atom. The third-order valence-corrected chi connectivity index (χ3v) is 6.45. The molecule has 2 aromatic heterocycles. The van der Waals surface area contributed by atoms with Gasteiger partial charge in [0.2, 0.25) is 5.95 Å². The number of halogens is 2. The van der Waals surface area contributed by atoms with Crippen molar-refractivity contribution in [1.82, 2.24) is 24.4 Å². The number of nitrogens with two attached hydrogens (primary N) is 1. The van der Waals surface area contributed by atoms with Gasteiger partial charge in [-0.25, -0.2) is 14.3 Å². The number of likely N-dealkylation sites (N-methyl/N-ethyl adjacent to an activating group) is 1. The van der Waals surface area contributed by atoms with Crippen molar-refractivity contribution in [2.45, 2.75) is 19.9 Å². The number of anilines is 3. The van der Waals surface area contributed by atoms with Crippen LogP contribution in [0.15, 0.2) is 41.3 Å². The molecule has 0 fully saturated rings. The molecule has 3 heterocycles. The number of aromatic nitrogens is 4. The maximum absolute atomic E-state index is 12.8. The van der Waals surface area contributed by atoms with Crippen LogP contribution in [0.5, 0.6) is 0 Å². The first-order chi connectivity index (χ1) is 15.8. The molecule has 33 heavy (non-hydrogen) atoms. The zero-order valence-electron chi connectivity index (χ0n) is 18.1. The molecule has 0 bridgehead atoms. The van der Waals surface area contributed by atoms with Crippen molar-refractivity contribution in [3.63, 3.8) is 0 Å². The first-order valence-electron chi connectivity index (χ1n) is 10.4. The van der Waals surface area contributed by atoms with Crippen LogP contribution < -0.4 is 16.7 Å². The molecule has 1 aliphatic heterocycles. The summed E-state index contributed by atoms with van der Waals surface area (Å²) in [6, 6.07) is 9.13. The monoisotopic (exact) mass is 481 g/mol. The summed E-state index contributed by atoms with van der Waals surface area (Å²) in [4.78, 5) is 28.1. The average Bonchev–Trinajstić information content (AvgIpc) is 2.75. The predicted octanol–water partition coefficient (Wildman–Crippen LogP) is 4.10. The molecule has 0 atom stereocenters. The van der Waals surface area contributed by atoms with Crippen molar-refractivity contribution in [1.29, 1.82) is 0 Å². The first kappa shape index (κ1) is 21.6. The van der Waals surface area contributed by atoms with E-state index < -0.39 is 5.69 Å². The third kappa shape index (κ3) is 3.90. The molecular formula is C23H21Cl2N7O. The highest BCUT2D eigenvalue weighted by molar-refractivity contribution is 6.37. The molecule has 4 aromatic rings. The van der Waals surface area contributed by atoms with E-state index in [9.17, 15) is 4.79 Å². The van der Waals surface area contributed by atoms with Gasteiger partial charge >= 0.3 is 5.69 Å². The summed E-state index contributed by atoms with van der Waals surface area (Å²) in [5.41, 5.74) is 10.9. The van der Waals surface area contributed by atoms with Crippen molar-refractivity contribution in [2.75, 3.05) is 24.6 Å². The van der Waals surface area contributed by atoms with Gasteiger partial charge in [-0.15, -0.1) is 0 Å². The minimum Gasteiger partial charge on any atom is -0.384 e. The number of nitrogen functional groups attached to an aromatic ring is 1. The highest BCUT2D eigenvalue weighted by atomic mass is 35.5. The summed E-state index contributed by atoms with van der Waals surface area (Å²) in [7, 11) is 2.11. The zero-order chi connectivity index (χ0) is 23.3. The standard InChI is InChI=1S/C23H21Cl2N7O/c1-12-8-14(9-13-11-31(2)7-6-15(12)13)28-22-27-10-16-20(26)32(23(33)30-21(16)29-22)19-17(24)4-3-5-18(19)25/h3-5,8-10H,6-7,11,26H2,1-2H3,(H,28,29,30,33). The molecule has 2 aromatic carbocycles. The summed E-state index contributed by atoms with van der Waals surface area (Å²) in [5, 5.41) is 4.21. The molecule has 168 valence electrons. The molecule has 0 spiro atoms. The van der Waals surface area contributed by atoms with Crippen molar-refractivity contribution >= 4 is 51.7 Å². The van der Waals surface area contributed by atoms with E-state index in [1.165, 1.54) is 27.5 Å². The summed E-state index contributed by atoms with van der Waals surface area (Å²) in [5.74, 6) is 0.435. The SMILES string of the molecule is Cc1cc(Nc2ncc3c(N)n(-c4c(Cl)cccc4Cl)c(=O)nc3n2)cc2c1CCN(C)C2. The van der Waals surface area contributed by atoms with Gasteiger partial charge in [0.1, 0.15) is 5.82 Å². The smallest absolute Gasteiger partial charge is 0.355 e. The van der Waals surface area contributed by atoms with Gasteiger partial charge in [-0.05, 0) is 61.3 Å². The Labute approximate surface area is 200 Å². The van der Waals surface area contributed by atoms with E-state index in [2.05, 4.69) is 51.3 Å². The Morgan fingerprint density at radius 2 is 1.91 bits per heavy atom. The third-order valence-electron chi connectivity index (χ3n) is 5.84. The summed E-state index contributed by atoms with van der Waals surface area (Å²) in [6.45, 7) is 4.06. The molecule has 0 saturated heterocycles. The molecule has 8 nitrogen and oxygen atoms in total. The van der Waals surface area contributed by atoms with Crippen LogP contribution in [0, 0.1) is 6.92 Å². The number of benzene rings is 2. The average molecular weight is 482 g/mol. The van der Waals surface area contributed by atoms with E-state index in [0.717, 1.165) is 25.2 Å². The van der Waals surface area contributed by atoms with Gasteiger partial charge in [0, 0.05) is 25.0 Å². The zero-order valence-corrected chi connectivity index (χ0v) is 19.6. The number of para-hydroxylation sites is 1. The number of rotatable bonds is 3. The molecule has 1 aliphatic rings. The van der Waals surface area contributed by atoms with Crippen LogP contribution in [0.2, 0.25) is 10.0 Å². The Bertz CT molecular complexity index is 1450. The van der Waals surface area contributed by atoms with E-state index in [4.69, 9.17) is 28.9 Å². The number of hydrogen-bond acceptors (Lipinski definition) is 7. The minimum atomic E-state index is -0.632. The summed E-state index contributed by atoms with van der Waals surface area (Å²) >= 11 is 12.6. The second-order valence-corrected chi connectivity index (χ2v) is 8.97. The summed E-state index contributed by atoms with van der Waals surface area (Å²) in [6.07, 6.45) is 2.57. The lowest BCUT2D eigenvalue weighted by Gasteiger charge is -2.27. The van der Waals surface area contributed by atoms with Crippen LogP contribution >= 0.6 is 23.2 Å². The molecule has 10 heteroatoms. The maximum Gasteiger partial charge on any atom is 0.355 e. The Balaban J connectivity index is 1.55. The van der Waals surface area contributed by atoms with Gasteiger partial charge in [-0.2, -0.15) is 9.97 Å². The molecular weight excluding hydrogens is 461 g/mol. The fourth-order valence-electron chi connectivity index (χ4n) is 4.24. The maximum atomic E-state index is 12.8. The van der Waals surface area contributed by atoms with E-state index in [0.29, 0.717) is 11.3 Å².